The highest BCUT2D eigenvalue weighted by atomic mass is 79.9. The maximum absolute atomic E-state index is 5.01. The monoisotopic (exact) mass is 392 g/mol. The van der Waals surface area contributed by atoms with Gasteiger partial charge >= 0.3 is 0 Å². The average molecular weight is 393 g/mol. The summed E-state index contributed by atoms with van der Waals surface area (Å²) in [7, 11) is 0. The van der Waals surface area contributed by atoms with Crippen molar-refractivity contribution in [3.05, 3.63) is 29.0 Å². The van der Waals surface area contributed by atoms with Gasteiger partial charge in [-0.3, -0.25) is 0 Å². The van der Waals surface area contributed by atoms with E-state index in [2.05, 4.69) is 42.6 Å². The van der Waals surface area contributed by atoms with Crippen molar-refractivity contribution in [3.63, 3.8) is 0 Å². The Bertz CT molecular complexity index is 630. The van der Waals surface area contributed by atoms with Crippen molar-refractivity contribution in [1.82, 2.24) is 15.3 Å². The molecule has 0 atom stereocenters. The van der Waals surface area contributed by atoms with E-state index in [1.165, 1.54) is 32.1 Å². The summed E-state index contributed by atoms with van der Waals surface area (Å²) in [5.41, 5.74) is 0.992. The lowest BCUT2D eigenvalue weighted by Gasteiger charge is -2.23. The fourth-order valence-electron chi connectivity index (χ4n) is 3.10. The summed E-state index contributed by atoms with van der Waals surface area (Å²) in [6.07, 6.45) is 8.16. The quantitative estimate of drug-likeness (QED) is 0.814. The van der Waals surface area contributed by atoms with E-state index in [0.717, 1.165) is 47.5 Å². The topological polar surface area (TPSA) is 59.1 Å². The minimum Gasteiger partial charge on any atom is -0.379 e. The van der Waals surface area contributed by atoms with Crippen molar-refractivity contribution in [2.45, 2.75) is 38.1 Å². The number of morpholine rings is 1. The summed E-state index contributed by atoms with van der Waals surface area (Å²) in [6.45, 7) is 3.83. The summed E-state index contributed by atoms with van der Waals surface area (Å²) < 4.78 is 6.07. The molecule has 2 N–H and O–H groups in total. The average Bonchev–Trinajstić information content (AvgIpc) is 2.65. The molecule has 1 aromatic heterocycles. The zero-order chi connectivity index (χ0) is 16.6. The number of anilines is 1. The number of nitrogens with one attached hydrogen (secondary N) is 2. The SMILES string of the molecule is Brc1ccc2ncnc(NC3CCCCC3)c2c1.C1COCCN1. The third kappa shape index (κ3) is 5.13. The Labute approximate surface area is 151 Å². The molecule has 2 aromatic rings. The first-order valence-electron chi connectivity index (χ1n) is 8.78. The van der Waals surface area contributed by atoms with Crippen LogP contribution >= 0.6 is 15.9 Å². The second kappa shape index (κ2) is 9.30. The van der Waals surface area contributed by atoms with Gasteiger partial charge in [0.15, 0.2) is 0 Å². The summed E-state index contributed by atoms with van der Waals surface area (Å²) in [5.74, 6) is 0.966. The van der Waals surface area contributed by atoms with Crippen LogP contribution in [0.3, 0.4) is 0 Å². The molecule has 1 aromatic carbocycles. The molecule has 1 saturated carbocycles. The number of rotatable bonds is 2. The van der Waals surface area contributed by atoms with Crippen LogP contribution in [0.15, 0.2) is 29.0 Å². The molecule has 0 bridgehead atoms. The first-order valence-corrected chi connectivity index (χ1v) is 9.57. The van der Waals surface area contributed by atoms with Gasteiger partial charge in [0, 0.05) is 29.0 Å². The largest absolute Gasteiger partial charge is 0.379 e. The van der Waals surface area contributed by atoms with E-state index < -0.39 is 0 Å². The van der Waals surface area contributed by atoms with E-state index in [0.29, 0.717) is 6.04 Å². The smallest absolute Gasteiger partial charge is 0.137 e. The Morgan fingerprint density at radius 1 is 1.08 bits per heavy atom. The fraction of sp³-hybridized carbons (Fsp3) is 0.556. The lowest BCUT2D eigenvalue weighted by Crippen LogP contribution is -2.30. The lowest BCUT2D eigenvalue weighted by molar-refractivity contribution is 0.109. The summed E-state index contributed by atoms with van der Waals surface area (Å²) >= 11 is 3.51. The first kappa shape index (κ1) is 17.6. The van der Waals surface area contributed by atoms with Crippen molar-refractivity contribution in [1.29, 1.82) is 0 Å². The number of nitrogens with zero attached hydrogens (tertiary/aromatic N) is 2. The van der Waals surface area contributed by atoms with Gasteiger partial charge in [-0.15, -0.1) is 0 Å². The summed E-state index contributed by atoms with van der Waals surface area (Å²) in [5, 5.41) is 7.83. The van der Waals surface area contributed by atoms with Gasteiger partial charge in [-0.1, -0.05) is 35.2 Å². The molecule has 5 nitrogen and oxygen atoms in total. The molecule has 24 heavy (non-hydrogen) atoms. The van der Waals surface area contributed by atoms with Crippen LogP contribution in [0.5, 0.6) is 0 Å². The molecule has 1 aliphatic heterocycles. The number of aromatic nitrogens is 2. The molecular formula is C18H25BrN4O. The van der Waals surface area contributed by atoms with Crippen LogP contribution in [0.4, 0.5) is 5.82 Å². The van der Waals surface area contributed by atoms with E-state index in [-0.39, 0.29) is 0 Å². The van der Waals surface area contributed by atoms with E-state index in [1.807, 2.05) is 12.1 Å². The number of hydrogen-bond acceptors (Lipinski definition) is 5. The minimum absolute atomic E-state index is 0.566. The standard InChI is InChI=1S/C14H16BrN3.C4H9NO/c15-10-6-7-13-12(8-10)14(17-9-16-13)18-11-4-2-1-3-5-11;1-3-6-4-2-5-1/h6-9,11H,1-5H2,(H,16,17,18);5H,1-4H2. The Morgan fingerprint density at radius 2 is 1.88 bits per heavy atom. The van der Waals surface area contributed by atoms with Gasteiger partial charge in [0.25, 0.3) is 0 Å². The number of fused-ring (bicyclic) bond motifs is 1. The van der Waals surface area contributed by atoms with Gasteiger partial charge in [-0.25, -0.2) is 9.97 Å². The van der Waals surface area contributed by atoms with Gasteiger partial charge in [-0.05, 0) is 31.0 Å². The molecule has 2 fully saturated rings. The molecule has 2 heterocycles. The lowest BCUT2D eigenvalue weighted by atomic mass is 9.95. The highest BCUT2D eigenvalue weighted by molar-refractivity contribution is 9.10. The molecule has 1 saturated heterocycles. The summed E-state index contributed by atoms with van der Waals surface area (Å²) in [6, 6.07) is 6.68. The van der Waals surface area contributed by atoms with E-state index >= 15 is 0 Å². The van der Waals surface area contributed by atoms with Crippen LogP contribution in [0.1, 0.15) is 32.1 Å². The first-order chi connectivity index (χ1) is 11.8. The Balaban J connectivity index is 0.000000238. The Kier molecular flexibility index (Phi) is 6.81. The molecular weight excluding hydrogens is 368 g/mol. The number of benzene rings is 1. The number of ether oxygens (including phenoxy) is 1. The van der Waals surface area contributed by atoms with Gasteiger partial charge < -0.3 is 15.4 Å². The van der Waals surface area contributed by atoms with Crippen molar-refractivity contribution in [3.8, 4) is 0 Å². The molecule has 0 spiro atoms. The van der Waals surface area contributed by atoms with Crippen LogP contribution in [-0.4, -0.2) is 42.3 Å². The van der Waals surface area contributed by atoms with E-state index in [1.54, 1.807) is 6.33 Å². The van der Waals surface area contributed by atoms with Gasteiger partial charge in [0.2, 0.25) is 0 Å². The van der Waals surface area contributed by atoms with Gasteiger partial charge in [-0.2, -0.15) is 0 Å². The predicted molar refractivity (Wildman–Crippen MR) is 101 cm³/mol. The highest BCUT2D eigenvalue weighted by Gasteiger charge is 2.14. The fourth-order valence-corrected chi connectivity index (χ4v) is 3.46. The Hall–Kier alpha value is -1.24. The summed E-state index contributed by atoms with van der Waals surface area (Å²) in [4.78, 5) is 8.70. The molecule has 0 amide bonds. The minimum atomic E-state index is 0.566. The molecule has 2 aliphatic rings. The van der Waals surface area contributed by atoms with Crippen LogP contribution in [-0.2, 0) is 4.74 Å². The molecule has 0 unspecified atom stereocenters. The zero-order valence-electron chi connectivity index (χ0n) is 13.9. The maximum Gasteiger partial charge on any atom is 0.137 e. The molecule has 4 rings (SSSR count). The third-order valence-electron chi connectivity index (χ3n) is 4.39. The van der Waals surface area contributed by atoms with Gasteiger partial charge in [0.1, 0.15) is 12.1 Å². The molecule has 0 radical (unpaired) electrons. The van der Waals surface area contributed by atoms with Gasteiger partial charge in [0.05, 0.1) is 18.7 Å². The van der Waals surface area contributed by atoms with E-state index in [9.17, 15) is 0 Å². The second-order valence-corrected chi connectivity index (χ2v) is 7.14. The molecule has 6 heteroatoms. The predicted octanol–water partition coefficient (Wildman–Crippen LogP) is 3.74. The van der Waals surface area contributed by atoms with Crippen LogP contribution in [0, 0.1) is 0 Å². The van der Waals surface area contributed by atoms with Crippen LogP contribution in [0.2, 0.25) is 0 Å². The highest BCUT2D eigenvalue weighted by Crippen LogP contribution is 2.26. The maximum atomic E-state index is 5.01. The van der Waals surface area contributed by atoms with Crippen molar-refractivity contribution in [2.24, 2.45) is 0 Å². The number of hydrogen-bond donors (Lipinski definition) is 2. The van der Waals surface area contributed by atoms with Crippen molar-refractivity contribution in [2.75, 3.05) is 31.6 Å². The molecule has 130 valence electrons. The Morgan fingerprint density at radius 3 is 2.54 bits per heavy atom. The number of halogens is 1. The third-order valence-corrected chi connectivity index (χ3v) is 4.88. The zero-order valence-corrected chi connectivity index (χ0v) is 15.5. The molecule has 1 aliphatic carbocycles. The van der Waals surface area contributed by atoms with Crippen molar-refractivity contribution >= 4 is 32.7 Å². The second-order valence-electron chi connectivity index (χ2n) is 6.23. The van der Waals surface area contributed by atoms with E-state index in [4.69, 9.17) is 4.74 Å². The normalized spacial score (nSPS) is 18.7. The van der Waals surface area contributed by atoms with Crippen LogP contribution < -0.4 is 10.6 Å². The van der Waals surface area contributed by atoms with Crippen LogP contribution in [0.25, 0.3) is 10.9 Å². The van der Waals surface area contributed by atoms with Crippen molar-refractivity contribution < 1.29 is 4.74 Å².